The van der Waals surface area contributed by atoms with Gasteiger partial charge in [-0.1, -0.05) is 86.2 Å². The third-order valence-electron chi connectivity index (χ3n) is 13.4. The van der Waals surface area contributed by atoms with Crippen molar-refractivity contribution < 1.29 is 38.4 Å². The number of benzene rings is 3. The number of hydrogen-bond acceptors (Lipinski definition) is 9. The summed E-state index contributed by atoms with van der Waals surface area (Å²) in [6.45, 7) is 5.22. The van der Waals surface area contributed by atoms with Gasteiger partial charge in [0.1, 0.15) is 30.5 Å². The summed E-state index contributed by atoms with van der Waals surface area (Å²) in [5.74, 6) is 0.659. The minimum Gasteiger partial charge on any atom is -0.493 e. The molecule has 62 heavy (non-hydrogen) atoms. The maximum atomic E-state index is 15.0. The summed E-state index contributed by atoms with van der Waals surface area (Å²) in [7, 11) is 1.56. The number of carbonyl (C=O) groups excluding carboxylic acids is 1. The predicted octanol–water partition coefficient (Wildman–Crippen LogP) is 10.3. The molecular formula is C51H65FN2O7S. The van der Waals surface area contributed by atoms with Gasteiger partial charge in [-0.3, -0.25) is 4.79 Å². The molecule has 11 heteroatoms. The second-order valence-electron chi connectivity index (χ2n) is 17.3. The highest BCUT2D eigenvalue weighted by atomic mass is 32.2. The quantitative estimate of drug-likeness (QED) is 0.0420. The molecule has 3 aromatic carbocycles. The molecule has 2 saturated carbocycles. The fourth-order valence-corrected chi connectivity index (χ4v) is 11.4. The minimum atomic E-state index is -1.37. The van der Waals surface area contributed by atoms with Crippen molar-refractivity contribution in [3.63, 3.8) is 0 Å². The Morgan fingerprint density at radius 3 is 2.48 bits per heavy atom. The van der Waals surface area contributed by atoms with E-state index in [4.69, 9.17) is 24.2 Å². The molecule has 9 nitrogen and oxygen atoms in total. The zero-order chi connectivity index (χ0) is 43.3. The number of aliphatic hydroxyl groups excluding tert-OH is 2. The number of amides is 1. The Labute approximate surface area is 371 Å². The Balaban J connectivity index is 1.36. The number of nitrogens with zero attached hydrogens (tertiary/aromatic N) is 2. The third-order valence-corrected chi connectivity index (χ3v) is 14.4. The number of thioether (sulfide) groups is 1. The summed E-state index contributed by atoms with van der Waals surface area (Å²) in [5, 5.41) is 24.6. The molecule has 2 N–H and O–H groups in total. The van der Waals surface area contributed by atoms with Gasteiger partial charge in [0.15, 0.2) is 0 Å². The Bertz CT molecular complexity index is 1970. The van der Waals surface area contributed by atoms with E-state index in [0.29, 0.717) is 44.0 Å². The van der Waals surface area contributed by atoms with Crippen molar-refractivity contribution in [3.8, 4) is 11.5 Å². The third kappa shape index (κ3) is 10.8. The van der Waals surface area contributed by atoms with Crippen molar-refractivity contribution in [3.05, 3.63) is 114 Å². The number of halogens is 1. The molecule has 0 aromatic heterocycles. The average Bonchev–Trinajstić information content (AvgIpc) is 3.82. The van der Waals surface area contributed by atoms with Crippen LogP contribution >= 0.6 is 11.8 Å². The number of carbonyl (C=O) groups is 1. The number of ether oxygens (including phenoxy) is 3. The number of oxime groups is 1. The molecule has 7 rings (SSSR count). The first-order chi connectivity index (χ1) is 30.4. The van der Waals surface area contributed by atoms with Crippen LogP contribution in [0.15, 0.2) is 107 Å². The molecule has 0 radical (unpaired) electrons. The summed E-state index contributed by atoms with van der Waals surface area (Å²) >= 11 is 1.75. The van der Waals surface area contributed by atoms with E-state index in [9.17, 15) is 19.4 Å². The van der Waals surface area contributed by atoms with Crippen molar-refractivity contribution in [2.45, 2.75) is 113 Å². The zero-order valence-corrected chi connectivity index (χ0v) is 37.1. The van der Waals surface area contributed by atoms with Gasteiger partial charge >= 0.3 is 0 Å². The topological polar surface area (TPSA) is 110 Å². The number of unbranched alkanes of at least 4 members (excludes halogenated alkanes) is 2. The number of allylic oxidation sites excluding steroid dienone is 1. The van der Waals surface area contributed by atoms with Gasteiger partial charge in [0, 0.05) is 54.7 Å². The first kappa shape index (κ1) is 45.9. The molecule has 0 spiro atoms. The molecule has 0 bridgehead atoms. The van der Waals surface area contributed by atoms with E-state index in [1.54, 1.807) is 37.1 Å². The first-order valence-corrected chi connectivity index (χ1v) is 23.8. The van der Waals surface area contributed by atoms with Crippen LogP contribution in [-0.4, -0.2) is 77.9 Å². The number of rotatable bonds is 23. The molecule has 6 atom stereocenters. The van der Waals surface area contributed by atoms with Crippen LogP contribution in [-0.2, 0) is 20.9 Å². The summed E-state index contributed by atoms with van der Waals surface area (Å²) in [6, 6.07) is 22.1. The van der Waals surface area contributed by atoms with Crippen molar-refractivity contribution in [2.24, 2.45) is 28.8 Å². The van der Waals surface area contributed by atoms with E-state index in [1.807, 2.05) is 35.2 Å². The average molecular weight is 869 g/mol. The molecule has 1 heterocycles. The van der Waals surface area contributed by atoms with Gasteiger partial charge < -0.3 is 34.2 Å². The monoisotopic (exact) mass is 868 g/mol. The number of hydrogen-bond donors (Lipinski definition) is 2. The van der Waals surface area contributed by atoms with Crippen molar-refractivity contribution >= 4 is 23.4 Å². The van der Waals surface area contributed by atoms with E-state index < -0.39 is 17.7 Å². The molecule has 0 saturated heterocycles. The number of aliphatic hydroxyl groups is 2. The smallest absolute Gasteiger partial charge is 0.239 e. The van der Waals surface area contributed by atoms with Gasteiger partial charge in [-0.2, -0.15) is 0 Å². The van der Waals surface area contributed by atoms with Crippen molar-refractivity contribution in [1.82, 2.24) is 4.90 Å². The molecule has 6 unspecified atom stereocenters. The normalized spacial score (nSPS) is 24.7. The van der Waals surface area contributed by atoms with E-state index >= 15 is 0 Å². The zero-order valence-electron chi connectivity index (χ0n) is 36.3. The summed E-state index contributed by atoms with van der Waals surface area (Å²) in [4.78, 5) is 23.7. The van der Waals surface area contributed by atoms with E-state index in [1.165, 1.54) is 29.9 Å². The Kier molecular flexibility index (Phi) is 16.6. The largest absolute Gasteiger partial charge is 0.493 e. The van der Waals surface area contributed by atoms with Crippen LogP contribution in [0, 0.1) is 29.5 Å². The lowest BCUT2D eigenvalue weighted by molar-refractivity contribution is -0.258. The van der Waals surface area contributed by atoms with Gasteiger partial charge in [-0.25, -0.2) is 4.39 Å². The molecule has 3 aliphatic carbocycles. The molecule has 1 amide bonds. The van der Waals surface area contributed by atoms with Gasteiger partial charge in [0.2, 0.25) is 11.7 Å². The lowest BCUT2D eigenvalue weighted by Gasteiger charge is -2.60. The standard InChI is InChI=1S/C51H65FN2O7S/c1-3-29-60-51-47(54(35-37-19-22-39(52)23-20-37)48(57)26-21-36-13-7-8-14-36)34-45(53-58-2)43-32-38(15-9-11-27-55)42(18-10-12-28-56)49(50(43)51)44-33-40(24-25-46(44)61-51)59-30-31-62-41-16-5-4-6-17-41/h3-6,16-17,19-20,22-25,32-33,36,38,42,47,49-50,55-56H,1,7-15,18,21,26-31,34-35H2,2H3. The van der Waals surface area contributed by atoms with Crippen molar-refractivity contribution in [2.75, 3.05) is 39.3 Å². The summed E-state index contributed by atoms with van der Waals surface area (Å²) in [5.41, 5.74) is 3.56. The van der Waals surface area contributed by atoms with Gasteiger partial charge in [-0.05, 0) is 103 Å². The SMILES string of the molecule is C=CCOC12Oc3ccc(OCCSc4ccccc4)cc3C3C(CCCCO)C(CCCCO)C=C(C(=NOC)CC1N(Cc1ccc(F)cc1)C(=O)CCC1CCCC1)C32. The maximum Gasteiger partial charge on any atom is 0.239 e. The number of fused-ring (bicyclic) bond motifs is 2. The van der Waals surface area contributed by atoms with E-state index in [2.05, 4.69) is 30.9 Å². The Morgan fingerprint density at radius 2 is 1.76 bits per heavy atom. The summed E-state index contributed by atoms with van der Waals surface area (Å²) in [6.07, 6.45) is 15.0. The fraction of sp³-hybridized carbons (Fsp3) is 0.529. The van der Waals surface area contributed by atoms with Crippen LogP contribution < -0.4 is 9.47 Å². The molecule has 3 aromatic rings. The second kappa shape index (κ2) is 22.5. The molecule has 4 aliphatic rings. The van der Waals surface area contributed by atoms with Gasteiger partial charge in [0.05, 0.1) is 24.8 Å². The second-order valence-corrected chi connectivity index (χ2v) is 18.5. The molecule has 334 valence electrons. The first-order valence-electron chi connectivity index (χ1n) is 22.8. The van der Waals surface area contributed by atoms with Crippen LogP contribution in [0.1, 0.15) is 101 Å². The van der Waals surface area contributed by atoms with Crippen LogP contribution in [0.3, 0.4) is 0 Å². The van der Waals surface area contributed by atoms with Crippen LogP contribution in [0.25, 0.3) is 0 Å². The predicted molar refractivity (Wildman–Crippen MR) is 243 cm³/mol. The molecular weight excluding hydrogens is 804 g/mol. The lowest BCUT2D eigenvalue weighted by atomic mass is 9.55. The molecule has 1 aliphatic heterocycles. The lowest BCUT2D eigenvalue weighted by Crippen LogP contribution is -2.70. The highest BCUT2D eigenvalue weighted by Gasteiger charge is 2.65. The molecule has 2 fully saturated rings. The van der Waals surface area contributed by atoms with E-state index in [-0.39, 0.29) is 55.8 Å². The fourth-order valence-electron chi connectivity index (χ4n) is 10.6. The van der Waals surface area contributed by atoms with Gasteiger partial charge in [0.25, 0.3) is 0 Å². The summed E-state index contributed by atoms with van der Waals surface area (Å²) < 4.78 is 35.4. The Hall–Kier alpha value is -4.16. The van der Waals surface area contributed by atoms with Crippen molar-refractivity contribution in [1.29, 1.82) is 0 Å². The van der Waals surface area contributed by atoms with Crippen LogP contribution in [0.4, 0.5) is 4.39 Å². The van der Waals surface area contributed by atoms with E-state index in [0.717, 1.165) is 78.9 Å². The highest BCUT2D eigenvalue weighted by molar-refractivity contribution is 7.99. The highest BCUT2D eigenvalue weighted by Crippen LogP contribution is 2.62. The van der Waals surface area contributed by atoms with Crippen LogP contribution in [0.5, 0.6) is 11.5 Å². The van der Waals surface area contributed by atoms with Gasteiger partial charge in [-0.15, -0.1) is 18.3 Å². The maximum absolute atomic E-state index is 15.0. The minimum absolute atomic E-state index is 0.00254. The Morgan fingerprint density at radius 1 is 1.00 bits per heavy atom. The van der Waals surface area contributed by atoms with Crippen LogP contribution in [0.2, 0.25) is 0 Å².